The van der Waals surface area contributed by atoms with Crippen molar-refractivity contribution in [1.82, 2.24) is 10.3 Å². The predicted molar refractivity (Wildman–Crippen MR) is 117 cm³/mol. The van der Waals surface area contributed by atoms with Crippen LogP contribution in [0.25, 0.3) is 10.2 Å². The van der Waals surface area contributed by atoms with Crippen LogP contribution in [0.3, 0.4) is 0 Å². The van der Waals surface area contributed by atoms with Gasteiger partial charge in [-0.05, 0) is 41.9 Å². The number of fused-ring (bicyclic) bond motifs is 1. The lowest BCUT2D eigenvalue weighted by atomic mass is 10.0. The largest absolute Gasteiger partial charge is 0.497 e. The number of ether oxygens (including phenoxy) is 2. The lowest BCUT2D eigenvalue weighted by Crippen LogP contribution is -2.34. The Kier molecular flexibility index (Phi) is 6.11. The molecule has 0 atom stereocenters. The average molecular weight is 416 g/mol. The number of rotatable bonds is 5. The number of nitrogens with zero attached hydrogens (tertiary/aromatic N) is 1. The maximum atomic E-state index is 12.4. The van der Waals surface area contributed by atoms with E-state index < -0.39 is 0 Å². The van der Waals surface area contributed by atoms with Gasteiger partial charge in [-0.2, -0.15) is 0 Å². The molecule has 0 unspecified atom stereocenters. The monoisotopic (exact) mass is 415 g/mol. The molecular weight excluding hydrogens is 394 g/mol. The van der Waals surface area contributed by atoms with E-state index in [0.29, 0.717) is 33.6 Å². The molecule has 0 aliphatic heterocycles. The number of hydrogen-bond donors (Lipinski definition) is 2. The molecule has 0 fully saturated rings. The maximum absolute atomic E-state index is 12.4. The lowest BCUT2D eigenvalue weighted by molar-refractivity contribution is 0.0977. The van der Waals surface area contributed by atoms with E-state index in [2.05, 4.69) is 29.5 Å². The van der Waals surface area contributed by atoms with Crippen LogP contribution in [0, 0.1) is 0 Å². The van der Waals surface area contributed by atoms with Crippen molar-refractivity contribution in [3.05, 3.63) is 47.5 Å². The number of anilines is 1. The van der Waals surface area contributed by atoms with E-state index in [4.69, 9.17) is 21.7 Å². The van der Waals surface area contributed by atoms with Crippen LogP contribution in [0.2, 0.25) is 0 Å². The van der Waals surface area contributed by atoms with Gasteiger partial charge in [0.1, 0.15) is 17.0 Å². The minimum Gasteiger partial charge on any atom is -0.497 e. The topological polar surface area (TPSA) is 72.5 Å². The van der Waals surface area contributed by atoms with Gasteiger partial charge >= 0.3 is 0 Å². The first-order chi connectivity index (χ1) is 13.4. The van der Waals surface area contributed by atoms with Crippen molar-refractivity contribution in [2.45, 2.75) is 19.8 Å². The summed E-state index contributed by atoms with van der Waals surface area (Å²) in [5, 5.41) is 6.38. The molecule has 8 heteroatoms. The van der Waals surface area contributed by atoms with Crippen LogP contribution in [0.15, 0.2) is 36.4 Å². The molecule has 6 nitrogen and oxygen atoms in total. The molecule has 2 N–H and O–H groups in total. The number of carbonyl (C=O) groups is 1. The second kappa shape index (κ2) is 8.53. The minimum absolute atomic E-state index is 0.183. The van der Waals surface area contributed by atoms with Crippen molar-refractivity contribution in [1.29, 1.82) is 0 Å². The quantitative estimate of drug-likeness (QED) is 0.595. The molecule has 0 spiro atoms. The van der Waals surface area contributed by atoms with Crippen molar-refractivity contribution in [2.24, 2.45) is 0 Å². The van der Waals surface area contributed by atoms with Crippen LogP contribution in [0.4, 0.5) is 5.13 Å². The summed E-state index contributed by atoms with van der Waals surface area (Å²) < 4.78 is 11.5. The second-order valence-corrected chi connectivity index (χ2v) is 7.82. The number of nitrogens with one attached hydrogen (secondary N) is 2. The number of thiocarbonyl (C=S) groups is 1. The summed E-state index contributed by atoms with van der Waals surface area (Å²) in [7, 11) is 3.18. The number of hydrogen-bond acceptors (Lipinski definition) is 6. The van der Waals surface area contributed by atoms with E-state index in [1.165, 1.54) is 16.9 Å². The van der Waals surface area contributed by atoms with Crippen molar-refractivity contribution in [3.63, 3.8) is 0 Å². The summed E-state index contributed by atoms with van der Waals surface area (Å²) in [6, 6.07) is 11.1. The Morgan fingerprint density at radius 2 is 1.86 bits per heavy atom. The van der Waals surface area contributed by atoms with Gasteiger partial charge in [0.2, 0.25) is 0 Å². The van der Waals surface area contributed by atoms with Gasteiger partial charge in [-0.1, -0.05) is 37.3 Å². The Hall–Kier alpha value is -2.71. The highest BCUT2D eigenvalue weighted by atomic mass is 32.1. The first-order valence-electron chi connectivity index (χ1n) is 8.66. The lowest BCUT2D eigenvalue weighted by Gasteiger charge is -2.09. The molecule has 28 heavy (non-hydrogen) atoms. The van der Waals surface area contributed by atoms with Gasteiger partial charge in [0.15, 0.2) is 10.2 Å². The predicted octanol–water partition coefficient (Wildman–Crippen LogP) is 4.56. The van der Waals surface area contributed by atoms with Gasteiger partial charge in [0, 0.05) is 11.6 Å². The fourth-order valence-corrected chi connectivity index (χ4v) is 3.79. The average Bonchev–Trinajstić information content (AvgIpc) is 3.08. The highest BCUT2D eigenvalue weighted by molar-refractivity contribution is 7.80. The van der Waals surface area contributed by atoms with Crippen molar-refractivity contribution < 1.29 is 14.3 Å². The molecule has 0 saturated carbocycles. The summed E-state index contributed by atoms with van der Waals surface area (Å²) in [6.45, 7) is 4.22. The molecule has 1 amide bonds. The second-order valence-electron chi connectivity index (χ2n) is 6.38. The zero-order chi connectivity index (χ0) is 20.3. The fourth-order valence-electron chi connectivity index (χ4n) is 2.62. The normalized spacial score (nSPS) is 10.8. The molecule has 0 saturated heterocycles. The molecule has 0 radical (unpaired) electrons. The Morgan fingerprint density at radius 1 is 1.14 bits per heavy atom. The first-order valence-corrected chi connectivity index (χ1v) is 9.88. The fraction of sp³-hybridized carbons (Fsp3) is 0.250. The Labute approximate surface area is 172 Å². The number of amides is 1. The highest BCUT2D eigenvalue weighted by Crippen LogP contribution is 2.36. The van der Waals surface area contributed by atoms with E-state index in [1.54, 1.807) is 32.4 Å². The standard InChI is InChI=1S/C20H21N3O3S2/c1-11(2)12-5-7-13(8-6-12)18(24)22-19(27)23-20-21-17-15(26-4)9-14(25-3)10-16(17)28-20/h5-11H,1-4H3,(H2,21,22,23,24,27). The maximum Gasteiger partial charge on any atom is 0.257 e. The SMILES string of the molecule is COc1cc(OC)c2nc(NC(=S)NC(=O)c3ccc(C(C)C)cc3)sc2c1. The van der Waals surface area contributed by atoms with E-state index in [1.807, 2.05) is 18.2 Å². The van der Waals surface area contributed by atoms with Crippen molar-refractivity contribution in [3.8, 4) is 11.5 Å². The molecule has 1 heterocycles. The van der Waals surface area contributed by atoms with Crippen LogP contribution < -0.4 is 20.1 Å². The van der Waals surface area contributed by atoms with E-state index >= 15 is 0 Å². The molecule has 1 aromatic heterocycles. The zero-order valence-corrected chi connectivity index (χ0v) is 17.7. The number of carbonyl (C=O) groups excluding carboxylic acids is 1. The molecule has 3 rings (SSSR count). The van der Waals surface area contributed by atoms with Gasteiger partial charge in [0.05, 0.1) is 18.9 Å². The van der Waals surface area contributed by atoms with Gasteiger partial charge in [-0.3, -0.25) is 10.1 Å². The van der Waals surface area contributed by atoms with Crippen LogP contribution in [0.5, 0.6) is 11.5 Å². The van der Waals surface area contributed by atoms with Gasteiger partial charge in [0.25, 0.3) is 5.91 Å². The van der Waals surface area contributed by atoms with E-state index in [0.717, 1.165) is 4.70 Å². The summed E-state index contributed by atoms with van der Waals surface area (Å²) in [5.41, 5.74) is 2.43. The third-order valence-electron chi connectivity index (χ3n) is 4.18. The zero-order valence-electron chi connectivity index (χ0n) is 16.0. The van der Waals surface area contributed by atoms with Crippen molar-refractivity contribution in [2.75, 3.05) is 19.5 Å². The molecule has 0 aliphatic rings. The molecule has 3 aromatic rings. The molecule has 146 valence electrons. The number of aromatic nitrogens is 1. The summed E-state index contributed by atoms with van der Waals surface area (Å²) >= 11 is 6.65. The van der Waals surface area contributed by atoms with Crippen LogP contribution in [-0.2, 0) is 0 Å². The van der Waals surface area contributed by atoms with Crippen LogP contribution >= 0.6 is 23.6 Å². The number of thiazole rings is 1. The molecular formula is C20H21N3O3S2. The van der Waals surface area contributed by atoms with E-state index in [9.17, 15) is 4.79 Å². The summed E-state index contributed by atoms with van der Waals surface area (Å²) in [6.07, 6.45) is 0. The molecule has 0 bridgehead atoms. The molecule has 0 aliphatic carbocycles. The smallest absolute Gasteiger partial charge is 0.257 e. The van der Waals surface area contributed by atoms with Crippen LogP contribution in [-0.4, -0.2) is 30.2 Å². The number of benzene rings is 2. The Balaban J connectivity index is 1.71. The third-order valence-corrected chi connectivity index (χ3v) is 5.30. The highest BCUT2D eigenvalue weighted by Gasteiger charge is 2.14. The third kappa shape index (κ3) is 4.40. The van der Waals surface area contributed by atoms with Crippen LogP contribution in [0.1, 0.15) is 35.7 Å². The summed E-state index contributed by atoms with van der Waals surface area (Å²) in [4.78, 5) is 16.9. The van der Waals surface area contributed by atoms with E-state index in [-0.39, 0.29) is 11.0 Å². The Bertz CT molecular complexity index is 1010. The summed E-state index contributed by atoms with van der Waals surface area (Å²) in [5.74, 6) is 1.43. The van der Waals surface area contributed by atoms with Gasteiger partial charge in [-0.25, -0.2) is 4.98 Å². The Morgan fingerprint density at radius 3 is 2.46 bits per heavy atom. The van der Waals surface area contributed by atoms with Crippen molar-refractivity contribution >= 4 is 49.9 Å². The number of methoxy groups -OCH3 is 2. The minimum atomic E-state index is -0.270. The van der Waals surface area contributed by atoms with Gasteiger partial charge in [-0.15, -0.1) is 0 Å². The first kappa shape index (κ1) is 20.0. The van der Waals surface area contributed by atoms with Gasteiger partial charge < -0.3 is 14.8 Å². The molecule has 2 aromatic carbocycles.